The van der Waals surface area contributed by atoms with Crippen LogP contribution in [0.5, 0.6) is 0 Å². The van der Waals surface area contributed by atoms with Crippen LogP contribution >= 0.6 is 0 Å². The van der Waals surface area contributed by atoms with Gasteiger partial charge in [0, 0.05) is 17.6 Å². The molecular formula is C21H32O4. The molecule has 4 fully saturated rings. The van der Waals surface area contributed by atoms with Crippen LogP contribution in [0.3, 0.4) is 0 Å². The van der Waals surface area contributed by atoms with E-state index in [4.69, 9.17) is 9.47 Å². The van der Waals surface area contributed by atoms with Crippen molar-refractivity contribution >= 4 is 11.9 Å². The number of rotatable bonds is 9. The molecule has 0 N–H and O–H groups in total. The normalized spacial score (nSPS) is 32.9. The van der Waals surface area contributed by atoms with Gasteiger partial charge in [0.05, 0.1) is 13.2 Å². The second kappa shape index (κ2) is 8.37. The minimum atomic E-state index is -0.455. The summed E-state index contributed by atoms with van der Waals surface area (Å²) in [7, 11) is 0. The number of carbonyl (C=O) groups excluding carboxylic acids is 2. The molecule has 0 saturated heterocycles. The number of carbonyl (C=O) groups is 2. The highest BCUT2D eigenvalue weighted by molar-refractivity contribution is 5.91. The average Bonchev–Trinajstić information content (AvgIpc) is 2.57. The Morgan fingerprint density at radius 1 is 0.880 bits per heavy atom. The Hall–Kier alpha value is -1.32. The number of unbranched alkanes of at least 4 members (excludes halogenated alkanes) is 3. The van der Waals surface area contributed by atoms with Gasteiger partial charge in [-0.1, -0.05) is 26.2 Å². The van der Waals surface area contributed by atoms with Crippen molar-refractivity contribution in [1.29, 1.82) is 0 Å². The molecule has 4 aliphatic carbocycles. The Morgan fingerprint density at radius 3 is 2.00 bits per heavy atom. The van der Waals surface area contributed by atoms with Crippen LogP contribution in [0.4, 0.5) is 0 Å². The first kappa shape index (κ1) is 18.5. The molecule has 0 atom stereocenters. The van der Waals surface area contributed by atoms with Crippen molar-refractivity contribution < 1.29 is 19.1 Å². The Balaban J connectivity index is 1.36. The van der Waals surface area contributed by atoms with Crippen LogP contribution in [-0.4, -0.2) is 25.2 Å². The van der Waals surface area contributed by atoms with Crippen LogP contribution in [0, 0.1) is 23.2 Å². The van der Waals surface area contributed by atoms with Crippen molar-refractivity contribution in [3.8, 4) is 0 Å². The fraction of sp³-hybridized carbons (Fsp3) is 0.810. The standard InChI is InChI=1S/C21H32O4/c1-2-3-4-5-8-24-19(22)6-7-20(23)25-15-21-12-16-9-17(13-21)11-18(10-16)14-21/h6-7,16-18H,2-5,8-15H2,1H3/b7-6+. The SMILES string of the molecule is CCCCCCOC(=O)/C=C/C(=O)OCC12CC3CC(CC(C3)C1)C2. The van der Waals surface area contributed by atoms with Crippen LogP contribution in [0.1, 0.15) is 71.1 Å². The third kappa shape index (κ3) is 5.08. The van der Waals surface area contributed by atoms with E-state index < -0.39 is 11.9 Å². The molecule has 4 heteroatoms. The molecule has 0 heterocycles. The molecule has 4 bridgehead atoms. The molecule has 4 saturated carbocycles. The zero-order chi connectivity index (χ0) is 17.7. The second-order valence-electron chi connectivity index (χ2n) is 8.59. The molecule has 0 unspecified atom stereocenters. The summed E-state index contributed by atoms with van der Waals surface area (Å²) in [6, 6.07) is 0. The number of hydrogen-bond acceptors (Lipinski definition) is 4. The Labute approximate surface area is 151 Å². The summed E-state index contributed by atoms with van der Waals surface area (Å²) in [4.78, 5) is 23.5. The maximum atomic E-state index is 11.9. The lowest BCUT2D eigenvalue weighted by Gasteiger charge is -2.56. The van der Waals surface area contributed by atoms with Crippen molar-refractivity contribution in [2.45, 2.75) is 71.1 Å². The number of hydrogen-bond donors (Lipinski definition) is 0. The lowest BCUT2D eigenvalue weighted by Crippen LogP contribution is -2.48. The smallest absolute Gasteiger partial charge is 0.331 e. The summed E-state index contributed by atoms with van der Waals surface area (Å²) in [6.45, 7) is 3.08. The van der Waals surface area contributed by atoms with Crippen LogP contribution in [-0.2, 0) is 19.1 Å². The molecule has 4 rings (SSSR count). The Bertz CT molecular complexity index is 473. The summed E-state index contributed by atoms with van der Waals surface area (Å²) in [5.74, 6) is 1.68. The minimum Gasteiger partial charge on any atom is -0.463 e. The van der Waals surface area contributed by atoms with E-state index in [0.717, 1.165) is 43.4 Å². The van der Waals surface area contributed by atoms with Crippen molar-refractivity contribution in [3.05, 3.63) is 12.2 Å². The molecule has 140 valence electrons. The molecule has 0 aromatic heterocycles. The summed E-state index contributed by atoms with van der Waals surface area (Å²) in [6.07, 6.45) is 14.5. The van der Waals surface area contributed by atoms with E-state index in [1.165, 1.54) is 50.7 Å². The van der Waals surface area contributed by atoms with E-state index in [1.54, 1.807) is 0 Å². The maximum Gasteiger partial charge on any atom is 0.331 e. The lowest BCUT2D eigenvalue weighted by molar-refractivity contribution is -0.150. The summed E-state index contributed by atoms with van der Waals surface area (Å²) < 4.78 is 10.6. The zero-order valence-electron chi connectivity index (χ0n) is 15.5. The van der Waals surface area contributed by atoms with Gasteiger partial charge in [0.25, 0.3) is 0 Å². The fourth-order valence-electron chi connectivity index (χ4n) is 5.62. The van der Waals surface area contributed by atoms with Gasteiger partial charge >= 0.3 is 11.9 Å². The van der Waals surface area contributed by atoms with Gasteiger partial charge in [-0.25, -0.2) is 9.59 Å². The van der Waals surface area contributed by atoms with E-state index in [2.05, 4.69) is 6.92 Å². The highest BCUT2D eigenvalue weighted by Gasteiger charge is 2.51. The fourth-order valence-corrected chi connectivity index (χ4v) is 5.62. The van der Waals surface area contributed by atoms with E-state index in [-0.39, 0.29) is 5.41 Å². The average molecular weight is 348 g/mol. The van der Waals surface area contributed by atoms with Gasteiger partial charge in [-0.05, 0) is 62.7 Å². The zero-order valence-corrected chi connectivity index (χ0v) is 15.5. The lowest BCUT2D eigenvalue weighted by atomic mass is 9.50. The number of ether oxygens (including phenoxy) is 2. The highest BCUT2D eigenvalue weighted by atomic mass is 16.5. The molecule has 4 aliphatic rings. The third-order valence-corrected chi connectivity index (χ3v) is 6.28. The predicted molar refractivity (Wildman–Crippen MR) is 95.8 cm³/mol. The predicted octanol–water partition coefficient (Wildman–Crippen LogP) is 4.43. The topological polar surface area (TPSA) is 52.6 Å². The van der Waals surface area contributed by atoms with Gasteiger partial charge in [-0.3, -0.25) is 0 Å². The van der Waals surface area contributed by atoms with Gasteiger partial charge in [-0.2, -0.15) is 0 Å². The Morgan fingerprint density at radius 2 is 1.44 bits per heavy atom. The van der Waals surface area contributed by atoms with Crippen molar-refractivity contribution in [1.82, 2.24) is 0 Å². The second-order valence-corrected chi connectivity index (χ2v) is 8.59. The van der Waals surface area contributed by atoms with Gasteiger partial charge in [-0.15, -0.1) is 0 Å². The van der Waals surface area contributed by atoms with E-state index in [0.29, 0.717) is 13.2 Å². The van der Waals surface area contributed by atoms with Crippen molar-refractivity contribution in [3.63, 3.8) is 0 Å². The molecule has 25 heavy (non-hydrogen) atoms. The van der Waals surface area contributed by atoms with Crippen molar-refractivity contribution in [2.75, 3.05) is 13.2 Å². The molecule has 4 nitrogen and oxygen atoms in total. The molecule has 0 aromatic carbocycles. The van der Waals surface area contributed by atoms with Crippen LogP contribution < -0.4 is 0 Å². The molecule has 0 amide bonds. The van der Waals surface area contributed by atoms with Crippen LogP contribution in [0.15, 0.2) is 12.2 Å². The molecule has 0 aromatic rings. The van der Waals surface area contributed by atoms with E-state index >= 15 is 0 Å². The minimum absolute atomic E-state index is 0.220. The van der Waals surface area contributed by atoms with Crippen LogP contribution in [0.2, 0.25) is 0 Å². The first-order valence-electron chi connectivity index (χ1n) is 10.1. The molecule has 0 radical (unpaired) electrons. The summed E-state index contributed by atoms with van der Waals surface area (Å²) >= 11 is 0. The van der Waals surface area contributed by atoms with Gasteiger partial charge < -0.3 is 9.47 Å². The van der Waals surface area contributed by atoms with Crippen LogP contribution in [0.25, 0.3) is 0 Å². The first-order valence-corrected chi connectivity index (χ1v) is 10.1. The van der Waals surface area contributed by atoms with E-state index in [1.807, 2.05) is 0 Å². The third-order valence-electron chi connectivity index (χ3n) is 6.28. The van der Waals surface area contributed by atoms with Gasteiger partial charge in [0.2, 0.25) is 0 Å². The monoisotopic (exact) mass is 348 g/mol. The molecule has 0 spiro atoms. The summed E-state index contributed by atoms with van der Waals surface area (Å²) in [5, 5.41) is 0. The number of esters is 2. The maximum absolute atomic E-state index is 11.9. The van der Waals surface area contributed by atoms with Gasteiger partial charge in [0.1, 0.15) is 0 Å². The Kier molecular flexibility index (Phi) is 6.19. The summed E-state index contributed by atoms with van der Waals surface area (Å²) in [5.41, 5.74) is 0.220. The highest BCUT2D eigenvalue weighted by Crippen LogP contribution is 2.60. The molecular weight excluding hydrogens is 316 g/mol. The first-order chi connectivity index (χ1) is 12.1. The van der Waals surface area contributed by atoms with Crippen molar-refractivity contribution in [2.24, 2.45) is 23.2 Å². The van der Waals surface area contributed by atoms with E-state index in [9.17, 15) is 9.59 Å². The van der Waals surface area contributed by atoms with Gasteiger partial charge in [0.15, 0.2) is 0 Å². The molecule has 0 aliphatic heterocycles. The quantitative estimate of drug-likeness (QED) is 0.351. The largest absolute Gasteiger partial charge is 0.463 e.